The predicted octanol–water partition coefficient (Wildman–Crippen LogP) is 1.06. The molecule has 6 heteroatoms. The number of hydrogen-bond acceptors (Lipinski definition) is 5. The van der Waals surface area contributed by atoms with E-state index in [4.69, 9.17) is 4.74 Å². The van der Waals surface area contributed by atoms with Crippen molar-refractivity contribution in [3.63, 3.8) is 0 Å². The van der Waals surface area contributed by atoms with Gasteiger partial charge in [0, 0.05) is 20.7 Å². The lowest BCUT2D eigenvalue weighted by Crippen LogP contribution is -2.16. The fraction of sp³-hybridized carbons (Fsp3) is 0.545. The van der Waals surface area contributed by atoms with E-state index in [0.29, 0.717) is 5.92 Å². The monoisotopic (exact) mass is 235 g/mol. The normalized spacial score (nSPS) is 12.9. The fourth-order valence-corrected chi connectivity index (χ4v) is 1.72. The van der Waals surface area contributed by atoms with Gasteiger partial charge >= 0.3 is 0 Å². The summed E-state index contributed by atoms with van der Waals surface area (Å²) in [5, 5.41) is 8.41. The number of rotatable bonds is 5. The smallest absolute Gasteiger partial charge is 0.163 e. The van der Waals surface area contributed by atoms with Gasteiger partial charge in [-0.2, -0.15) is 5.10 Å². The van der Waals surface area contributed by atoms with Gasteiger partial charge in [-0.1, -0.05) is 6.92 Å². The van der Waals surface area contributed by atoms with Crippen molar-refractivity contribution in [3.05, 3.63) is 12.5 Å². The summed E-state index contributed by atoms with van der Waals surface area (Å²) in [5.41, 5.74) is 0.835. The molecule has 1 atom stereocenters. The Bertz CT molecular complexity index is 496. The lowest BCUT2D eigenvalue weighted by molar-refractivity contribution is 0.164. The highest BCUT2D eigenvalue weighted by Crippen LogP contribution is 2.17. The first kappa shape index (κ1) is 11.8. The van der Waals surface area contributed by atoms with Crippen LogP contribution in [0.5, 0.6) is 0 Å². The number of aryl methyl sites for hydroxylation is 1. The molecule has 0 fully saturated rings. The van der Waals surface area contributed by atoms with Gasteiger partial charge in [0.2, 0.25) is 0 Å². The summed E-state index contributed by atoms with van der Waals surface area (Å²) in [6.45, 7) is 3.67. The second kappa shape index (κ2) is 5.09. The molecule has 0 radical (unpaired) electrons. The molecule has 2 aromatic heterocycles. The Morgan fingerprint density at radius 3 is 3.06 bits per heavy atom. The number of fused-ring (bicyclic) bond motifs is 1. The number of methoxy groups -OCH3 is 1. The van der Waals surface area contributed by atoms with Crippen LogP contribution >= 0.6 is 0 Å². The number of anilines is 1. The summed E-state index contributed by atoms with van der Waals surface area (Å²) in [5.74, 6) is 1.26. The Labute approximate surface area is 100 Å². The van der Waals surface area contributed by atoms with Gasteiger partial charge in [0.1, 0.15) is 12.1 Å². The highest BCUT2D eigenvalue weighted by atomic mass is 16.5. The zero-order valence-electron chi connectivity index (χ0n) is 10.3. The van der Waals surface area contributed by atoms with Crippen LogP contribution in [0.4, 0.5) is 5.82 Å². The molecular weight excluding hydrogens is 218 g/mol. The van der Waals surface area contributed by atoms with Crippen LogP contribution in [-0.4, -0.2) is 40.0 Å². The Kier molecular flexibility index (Phi) is 3.53. The quantitative estimate of drug-likeness (QED) is 0.839. The van der Waals surface area contributed by atoms with Crippen molar-refractivity contribution in [2.45, 2.75) is 6.92 Å². The number of ether oxygens (including phenoxy) is 1. The van der Waals surface area contributed by atoms with Gasteiger partial charge in [-0.25, -0.2) is 9.97 Å². The Morgan fingerprint density at radius 1 is 1.47 bits per heavy atom. The Morgan fingerprint density at radius 2 is 2.29 bits per heavy atom. The van der Waals surface area contributed by atoms with E-state index in [1.807, 2.05) is 7.05 Å². The van der Waals surface area contributed by atoms with Gasteiger partial charge in [0.15, 0.2) is 5.65 Å². The zero-order chi connectivity index (χ0) is 12.3. The summed E-state index contributed by atoms with van der Waals surface area (Å²) in [6.07, 6.45) is 3.33. The fourth-order valence-electron chi connectivity index (χ4n) is 1.72. The molecule has 0 spiro atoms. The Hall–Kier alpha value is -1.69. The van der Waals surface area contributed by atoms with Crippen molar-refractivity contribution in [2.24, 2.45) is 13.0 Å². The van der Waals surface area contributed by atoms with Gasteiger partial charge < -0.3 is 10.1 Å². The largest absolute Gasteiger partial charge is 0.384 e. The molecule has 17 heavy (non-hydrogen) atoms. The molecule has 0 saturated heterocycles. The molecule has 0 aromatic carbocycles. The van der Waals surface area contributed by atoms with Gasteiger partial charge in [-0.05, 0) is 5.92 Å². The van der Waals surface area contributed by atoms with Gasteiger partial charge in [0.05, 0.1) is 18.2 Å². The van der Waals surface area contributed by atoms with Crippen LogP contribution in [0.2, 0.25) is 0 Å². The number of hydrogen-bond donors (Lipinski definition) is 1. The lowest BCUT2D eigenvalue weighted by atomic mass is 10.2. The predicted molar refractivity (Wildman–Crippen MR) is 65.8 cm³/mol. The zero-order valence-corrected chi connectivity index (χ0v) is 10.3. The van der Waals surface area contributed by atoms with E-state index < -0.39 is 0 Å². The molecule has 0 aliphatic heterocycles. The average molecular weight is 235 g/mol. The van der Waals surface area contributed by atoms with Crippen LogP contribution in [-0.2, 0) is 11.8 Å². The summed E-state index contributed by atoms with van der Waals surface area (Å²) < 4.78 is 6.83. The third-order valence-corrected chi connectivity index (χ3v) is 2.60. The maximum atomic E-state index is 5.09. The summed E-state index contributed by atoms with van der Waals surface area (Å²) >= 11 is 0. The third kappa shape index (κ3) is 2.52. The molecule has 1 N–H and O–H groups in total. The minimum atomic E-state index is 0.432. The molecule has 0 aliphatic carbocycles. The van der Waals surface area contributed by atoms with Crippen LogP contribution in [0.15, 0.2) is 12.5 Å². The second-order valence-electron chi connectivity index (χ2n) is 4.17. The van der Waals surface area contributed by atoms with Crippen molar-refractivity contribution in [1.82, 2.24) is 19.7 Å². The van der Waals surface area contributed by atoms with Crippen molar-refractivity contribution < 1.29 is 4.74 Å². The molecule has 0 bridgehead atoms. The number of nitrogens with one attached hydrogen (secondary N) is 1. The summed E-state index contributed by atoms with van der Waals surface area (Å²) in [4.78, 5) is 8.43. The van der Waals surface area contributed by atoms with Crippen molar-refractivity contribution in [1.29, 1.82) is 0 Å². The first-order valence-corrected chi connectivity index (χ1v) is 5.58. The molecule has 92 valence electrons. The maximum absolute atomic E-state index is 5.09. The van der Waals surface area contributed by atoms with Crippen molar-refractivity contribution in [3.8, 4) is 0 Å². The first-order chi connectivity index (χ1) is 8.22. The van der Waals surface area contributed by atoms with E-state index in [2.05, 4.69) is 27.3 Å². The van der Waals surface area contributed by atoms with Crippen LogP contribution in [0, 0.1) is 5.92 Å². The molecule has 1 unspecified atom stereocenters. The van der Waals surface area contributed by atoms with Crippen LogP contribution < -0.4 is 5.32 Å². The molecule has 0 aliphatic rings. The van der Waals surface area contributed by atoms with Crippen LogP contribution in [0.25, 0.3) is 11.0 Å². The highest BCUT2D eigenvalue weighted by molar-refractivity contribution is 5.85. The molecular formula is C11H17N5O. The van der Waals surface area contributed by atoms with E-state index in [1.54, 1.807) is 24.3 Å². The van der Waals surface area contributed by atoms with Crippen LogP contribution in [0.3, 0.4) is 0 Å². The SMILES string of the molecule is COCC(C)CNc1ncnc2c1cnn2C. The lowest BCUT2D eigenvalue weighted by Gasteiger charge is -2.12. The van der Waals surface area contributed by atoms with E-state index in [-0.39, 0.29) is 0 Å². The highest BCUT2D eigenvalue weighted by Gasteiger charge is 2.08. The van der Waals surface area contributed by atoms with Crippen LogP contribution in [0.1, 0.15) is 6.92 Å². The standard InChI is InChI=1S/C11H17N5O/c1-8(6-17-3)4-12-10-9-5-15-16(2)11(9)14-7-13-10/h5,7-8H,4,6H2,1-3H3,(H,12,13,14). The van der Waals surface area contributed by atoms with E-state index in [0.717, 1.165) is 30.0 Å². The minimum Gasteiger partial charge on any atom is -0.384 e. The Balaban J connectivity index is 2.13. The average Bonchev–Trinajstić information content (AvgIpc) is 2.70. The molecule has 2 heterocycles. The number of aromatic nitrogens is 4. The summed E-state index contributed by atoms with van der Waals surface area (Å²) in [6, 6.07) is 0. The van der Waals surface area contributed by atoms with E-state index in [1.165, 1.54) is 0 Å². The molecule has 6 nitrogen and oxygen atoms in total. The van der Waals surface area contributed by atoms with Gasteiger partial charge in [-0.3, -0.25) is 4.68 Å². The van der Waals surface area contributed by atoms with E-state index in [9.17, 15) is 0 Å². The molecule has 2 rings (SSSR count). The maximum Gasteiger partial charge on any atom is 0.163 e. The first-order valence-electron chi connectivity index (χ1n) is 5.58. The molecule has 0 saturated carbocycles. The van der Waals surface area contributed by atoms with E-state index >= 15 is 0 Å². The second-order valence-corrected chi connectivity index (χ2v) is 4.17. The number of nitrogens with zero attached hydrogens (tertiary/aromatic N) is 4. The van der Waals surface area contributed by atoms with Crippen molar-refractivity contribution in [2.75, 3.05) is 25.6 Å². The van der Waals surface area contributed by atoms with Gasteiger partial charge in [-0.15, -0.1) is 0 Å². The topological polar surface area (TPSA) is 64.9 Å². The summed E-state index contributed by atoms with van der Waals surface area (Å²) in [7, 11) is 3.58. The van der Waals surface area contributed by atoms with Gasteiger partial charge in [0.25, 0.3) is 0 Å². The van der Waals surface area contributed by atoms with Crippen molar-refractivity contribution >= 4 is 16.9 Å². The molecule has 2 aromatic rings. The minimum absolute atomic E-state index is 0.432. The molecule has 0 amide bonds. The third-order valence-electron chi connectivity index (χ3n) is 2.60.